The summed E-state index contributed by atoms with van der Waals surface area (Å²) >= 11 is 0. The molecule has 0 saturated heterocycles. The Morgan fingerprint density at radius 3 is 1.19 bits per heavy atom. The van der Waals surface area contributed by atoms with Crippen LogP contribution in [-0.2, 0) is 4.79 Å². The number of aliphatic imine (C=N–C) groups is 1. The van der Waals surface area contributed by atoms with Gasteiger partial charge in [-0.05, 0) is 53.4 Å². The molecule has 0 aliphatic carbocycles. The molecule has 6 rings (SSSR count). The van der Waals surface area contributed by atoms with Gasteiger partial charge in [-0.25, -0.2) is 0 Å². The number of hydrogen-bond acceptors (Lipinski definition) is 6. The lowest BCUT2D eigenvalue weighted by Crippen LogP contribution is -2.11. The molecule has 0 saturated carbocycles. The van der Waals surface area contributed by atoms with Crippen LogP contribution in [0.1, 0.15) is 71.4 Å². The number of nitrogens with zero attached hydrogens (tertiary/aromatic N) is 1. The fourth-order valence-corrected chi connectivity index (χ4v) is 4.35. The highest BCUT2D eigenvalue weighted by Gasteiger charge is 2.14. The number of benzene rings is 4. The highest BCUT2D eigenvalue weighted by Crippen LogP contribution is 2.27. The summed E-state index contributed by atoms with van der Waals surface area (Å²) in [6, 6.07) is 48.0. The van der Waals surface area contributed by atoms with Crippen LogP contribution in [0.5, 0.6) is 0 Å². The smallest absolute Gasteiger partial charge is 0.300 e. The summed E-state index contributed by atoms with van der Waals surface area (Å²) < 4.78 is 10.2. The zero-order valence-corrected chi connectivity index (χ0v) is 26.8. The Balaban J connectivity index is 0.000000198. The van der Waals surface area contributed by atoms with Crippen molar-refractivity contribution in [2.75, 3.05) is 0 Å². The van der Waals surface area contributed by atoms with Gasteiger partial charge in [-0.1, -0.05) is 121 Å². The van der Waals surface area contributed by atoms with Crippen molar-refractivity contribution < 1.29 is 23.5 Å². The fraction of sp³-hybridized carbons (Fsp3) is 0.125. The van der Waals surface area contributed by atoms with Gasteiger partial charge < -0.3 is 19.7 Å². The first-order valence-electron chi connectivity index (χ1n) is 15.0. The Labute approximate surface area is 276 Å². The van der Waals surface area contributed by atoms with E-state index in [0.717, 1.165) is 29.5 Å². The lowest BCUT2D eigenvalue weighted by Gasteiger charge is -2.14. The summed E-state index contributed by atoms with van der Waals surface area (Å²) in [6.07, 6.45) is 3.16. The van der Waals surface area contributed by atoms with Gasteiger partial charge in [0.1, 0.15) is 11.8 Å². The van der Waals surface area contributed by atoms with E-state index in [2.05, 4.69) is 48.5 Å². The van der Waals surface area contributed by atoms with E-state index in [1.807, 2.05) is 91.9 Å². The van der Waals surface area contributed by atoms with Gasteiger partial charge in [0, 0.05) is 13.8 Å². The number of hydrogen-bond donors (Lipinski definition) is 2. The van der Waals surface area contributed by atoms with Crippen molar-refractivity contribution in [3.05, 3.63) is 192 Å². The van der Waals surface area contributed by atoms with Crippen LogP contribution < -0.4 is 5.73 Å². The SMILES string of the molecule is CC(=NC(c1ccccc1)c1ccccc1)c1ccco1.CC(=O)O.CC(=O)c1ccco1.NC(c1ccccc1)c1ccccc1. The Morgan fingerprint density at radius 2 is 0.894 bits per heavy atom. The van der Waals surface area contributed by atoms with Crippen LogP contribution in [0.15, 0.2) is 172 Å². The molecule has 47 heavy (non-hydrogen) atoms. The van der Waals surface area contributed by atoms with Crippen molar-refractivity contribution in [1.82, 2.24) is 0 Å². The van der Waals surface area contributed by atoms with Crippen molar-refractivity contribution in [1.29, 1.82) is 0 Å². The molecule has 2 aromatic heterocycles. The summed E-state index contributed by atoms with van der Waals surface area (Å²) in [5.41, 5.74) is 11.7. The second-order valence-corrected chi connectivity index (χ2v) is 10.3. The van der Waals surface area contributed by atoms with Gasteiger partial charge in [-0.3, -0.25) is 14.6 Å². The Bertz CT molecular complexity index is 1650. The van der Waals surface area contributed by atoms with Crippen LogP contribution in [0.4, 0.5) is 0 Å². The molecule has 7 heteroatoms. The number of carboxylic acids is 1. The maximum atomic E-state index is 10.4. The first-order chi connectivity index (χ1) is 22.8. The molecule has 3 N–H and O–H groups in total. The number of furan rings is 2. The molecule has 0 radical (unpaired) electrons. The first-order valence-corrected chi connectivity index (χ1v) is 15.0. The van der Waals surface area contributed by atoms with E-state index >= 15 is 0 Å². The van der Waals surface area contributed by atoms with E-state index < -0.39 is 5.97 Å². The number of aliphatic carboxylic acids is 1. The molecule has 0 amide bonds. The van der Waals surface area contributed by atoms with Crippen LogP contribution in [-0.4, -0.2) is 22.6 Å². The van der Waals surface area contributed by atoms with Crippen LogP contribution >= 0.6 is 0 Å². The monoisotopic (exact) mass is 628 g/mol. The van der Waals surface area contributed by atoms with Crippen molar-refractivity contribution >= 4 is 17.5 Å². The van der Waals surface area contributed by atoms with Gasteiger partial charge in [-0.15, -0.1) is 0 Å². The molecular weight excluding hydrogens is 588 g/mol. The van der Waals surface area contributed by atoms with E-state index in [-0.39, 0.29) is 17.9 Å². The van der Waals surface area contributed by atoms with Crippen molar-refractivity contribution in [3.63, 3.8) is 0 Å². The quantitative estimate of drug-likeness (QED) is 0.134. The predicted molar refractivity (Wildman–Crippen MR) is 187 cm³/mol. The second-order valence-electron chi connectivity index (χ2n) is 10.3. The number of rotatable bonds is 7. The number of carbonyl (C=O) groups is 2. The van der Waals surface area contributed by atoms with E-state index in [0.29, 0.717) is 5.76 Å². The number of ketones is 1. The highest BCUT2D eigenvalue weighted by atomic mass is 16.4. The molecule has 240 valence electrons. The van der Waals surface area contributed by atoms with Gasteiger partial charge in [0.15, 0.2) is 11.5 Å². The molecule has 7 nitrogen and oxygen atoms in total. The van der Waals surface area contributed by atoms with E-state index in [4.69, 9.17) is 29.5 Å². The second kappa shape index (κ2) is 19.6. The predicted octanol–water partition coefficient (Wildman–Crippen LogP) is 9.19. The molecule has 4 aromatic carbocycles. The third-order valence-electron chi connectivity index (χ3n) is 6.62. The van der Waals surface area contributed by atoms with Crippen molar-refractivity contribution in [2.24, 2.45) is 10.7 Å². The molecule has 0 aliphatic heterocycles. The molecule has 0 spiro atoms. The maximum absolute atomic E-state index is 10.4. The Morgan fingerprint density at radius 1 is 0.553 bits per heavy atom. The van der Waals surface area contributed by atoms with Gasteiger partial charge >= 0.3 is 0 Å². The van der Waals surface area contributed by atoms with Crippen LogP contribution in [0.25, 0.3) is 0 Å². The number of carbonyl (C=O) groups excluding carboxylic acids is 1. The Hall–Kier alpha value is -5.79. The minimum atomic E-state index is -0.833. The molecule has 0 unspecified atom stereocenters. The summed E-state index contributed by atoms with van der Waals surface area (Å²) in [5.74, 6) is 0.367. The summed E-state index contributed by atoms with van der Waals surface area (Å²) in [5, 5.41) is 7.42. The lowest BCUT2D eigenvalue weighted by molar-refractivity contribution is -0.134. The van der Waals surface area contributed by atoms with E-state index in [1.54, 1.807) is 18.4 Å². The third-order valence-corrected chi connectivity index (χ3v) is 6.62. The Kier molecular flexibility index (Phi) is 14.9. The molecule has 0 fully saturated rings. The minimum Gasteiger partial charge on any atom is -0.481 e. The first kappa shape index (κ1) is 35.7. The largest absolute Gasteiger partial charge is 0.481 e. The van der Waals surface area contributed by atoms with E-state index in [9.17, 15) is 4.79 Å². The van der Waals surface area contributed by atoms with Gasteiger partial charge in [-0.2, -0.15) is 0 Å². The molecule has 0 aliphatic rings. The zero-order chi connectivity index (χ0) is 33.9. The average Bonchev–Trinajstić information content (AvgIpc) is 3.85. The normalized spacial score (nSPS) is 10.5. The maximum Gasteiger partial charge on any atom is 0.300 e. The van der Waals surface area contributed by atoms with Crippen LogP contribution in [0.2, 0.25) is 0 Å². The molecule has 0 atom stereocenters. The van der Waals surface area contributed by atoms with Crippen LogP contribution in [0.3, 0.4) is 0 Å². The number of carboxylic acid groups (broad SMARTS) is 1. The molecular formula is C40H40N2O5. The highest BCUT2D eigenvalue weighted by molar-refractivity contribution is 5.96. The van der Waals surface area contributed by atoms with Crippen molar-refractivity contribution in [3.8, 4) is 0 Å². The van der Waals surface area contributed by atoms with Crippen LogP contribution in [0, 0.1) is 0 Å². The van der Waals surface area contributed by atoms with Gasteiger partial charge in [0.05, 0.1) is 24.3 Å². The van der Waals surface area contributed by atoms with Gasteiger partial charge in [0.2, 0.25) is 0 Å². The molecule has 0 bridgehead atoms. The summed E-state index contributed by atoms with van der Waals surface area (Å²) in [7, 11) is 0. The summed E-state index contributed by atoms with van der Waals surface area (Å²) in [6.45, 7) is 4.54. The van der Waals surface area contributed by atoms with E-state index in [1.165, 1.54) is 24.3 Å². The fourth-order valence-electron chi connectivity index (χ4n) is 4.35. The summed E-state index contributed by atoms with van der Waals surface area (Å²) in [4.78, 5) is 24.3. The average molecular weight is 629 g/mol. The minimum absolute atomic E-state index is 0.0162. The molecule has 6 aromatic rings. The third kappa shape index (κ3) is 12.6. The zero-order valence-electron chi connectivity index (χ0n) is 26.8. The number of Topliss-reactive ketones (excluding diaryl/α,β-unsaturated/α-hetero) is 1. The topological polar surface area (TPSA) is 119 Å². The lowest BCUT2D eigenvalue weighted by atomic mass is 9.99. The molecule has 2 heterocycles. The standard InChI is InChI=1S/C19H17NO.C13H13N.C6H6O2.C2H4O2/c1-15(18-13-8-14-21-18)20-19(16-9-4-2-5-10-16)17-11-6-3-7-12-17;14-13(11-7-3-1-4-8-11)12-9-5-2-6-10-12;1-5(7)6-3-2-4-8-6;1-2(3)4/h2-14,19H,1H3;1-10,13H,14H2;2-4H,1H3;1H3,(H,3,4). The van der Waals surface area contributed by atoms with Gasteiger partial charge in [0.25, 0.3) is 5.97 Å². The number of nitrogens with two attached hydrogens (primary N) is 1. The van der Waals surface area contributed by atoms with Crippen molar-refractivity contribution in [2.45, 2.75) is 32.9 Å².